The molecule has 44 heavy (non-hydrogen) atoms. The molecule has 0 N–H and O–H groups in total. The van der Waals surface area contributed by atoms with Crippen LogP contribution >= 0.6 is 0 Å². The maximum absolute atomic E-state index is 15.1. The first-order valence-corrected chi connectivity index (χ1v) is 10.4. The molecule has 4 nitrogen and oxygen atoms in total. The van der Waals surface area contributed by atoms with Crippen LogP contribution in [0.3, 0.4) is 0 Å². The van der Waals surface area contributed by atoms with Crippen molar-refractivity contribution in [2.75, 3.05) is 0 Å². The van der Waals surface area contributed by atoms with Crippen molar-refractivity contribution in [2.24, 2.45) is 0 Å². The third-order valence-electron chi connectivity index (χ3n) is 5.09. The van der Waals surface area contributed by atoms with Gasteiger partial charge in [-0.3, -0.25) is 0 Å². The van der Waals surface area contributed by atoms with Gasteiger partial charge in [0.15, 0.2) is 0 Å². The first-order valence-electron chi connectivity index (χ1n) is 10.4. The first-order chi connectivity index (χ1) is 20.4. The van der Waals surface area contributed by atoms with Gasteiger partial charge >= 0.3 is 0 Å². The lowest BCUT2D eigenvalue weighted by atomic mass is 10.2. The summed E-state index contributed by atoms with van der Waals surface area (Å²) in [5.74, 6) is -63.1. The Morgan fingerprint density at radius 2 is 0.409 bits per heavy atom. The average molecular weight is 661 g/mol. The van der Waals surface area contributed by atoms with Crippen molar-refractivity contribution in [3.63, 3.8) is 0 Å². The van der Waals surface area contributed by atoms with Crippen molar-refractivity contribution in [3.05, 3.63) is 98.9 Å². The predicted molar refractivity (Wildman–Crippen MR) is 103 cm³/mol. The van der Waals surface area contributed by atoms with Gasteiger partial charge in [0.05, 0.1) is 0 Å². The van der Waals surface area contributed by atoms with Crippen LogP contribution in [0.2, 0.25) is 0 Å². The zero-order valence-electron chi connectivity index (χ0n) is 19.6. The van der Waals surface area contributed by atoms with Crippen molar-refractivity contribution in [1.29, 1.82) is 0 Å². The monoisotopic (exact) mass is 661 g/mol. The Morgan fingerprint density at radius 3 is 0.659 bits per heavy atom. The van der Waals surface area contributed by atoms with Crippen LogP contribution in [0.4, 0.5) is 74.6 Å². The van der Waals surface area contributed by atoms with E-state index in [2.05, 4.69) is 19.2 Å². The fourth-order valence-electron chi connectivity index (χ4n) is 3.02. The summed E-state index contributed by atoms with van der Waals surface area (Å²) < 4.78 is 248. The lowest BCUT2D eigenvalue weighted by molar-refractivity contribution is 0.283. The molecule has 1 heterocycles. The molecule has 0 atom stereocenters. The van der Waals surface area contributed by atoms with Gasteiger partial charge in [-0.25, -0.2) is 39.5 Å². The number of ether oxygens (including phenoxy) is 3. The van der Waals surface area contributed by atoms with Crippen LogP contribution in [-0.4, -0.2) is 4.98 Å². The number of halogens is 17. The number of benzene rings is 3. The van der Waals surface area contributed by atoms with Gasteiger partial charge < -0.3 is 14.2 Å². The summed E-state index contributed by atoms with van der Waals surface area (Å²) in [5, 5.41) is 0. The number of rotatable bonds is 6. The number of pyridine rings is 1. The Bertz CT molecular complexity index is 1700. The Morgan fingerprint density at radius 1 is 0.227 bits per heavy atom. The molecule has 21 heteroatoms. The molecule has 0 radical (unpaired) electrons. The quantitative estimate of drug-likeness (QED) is 0.118. The topological polar surface area (TPSA) is 40.6 Å². The highest BCUT2D eigenvalue weighted by Gasteiger charge is 2.35. The van der Waals surface area contributed by atoms with Crippen molar-refractivity contribution in [3.8, 4) is 34.8 Å². The van der Waals surface area contributed by atoms with Crippen LogP contribution in [0.1, 0.15) is 0 Å². The smallest absolute Gasteiger partial charge is 0.263 e. The van der Waals surface area contributed by atoms with E-state index >= 15 is 8.78 Å². The molecule has 0 aliphatic carbocycles. The molecule has 0 amide bonds. The van der Waals surface area contributed by atoms with E-state index < -0.39 is 134 Å². The second-order valence-corrected chi connectivity index (χ2v) is 7.68. The van der Waals surface area contributed by atoms with Crippen LogP contribution in [0.5, 0.6) is 34.8 Å². The van der Waals surface area contributed by atoms with E-state index in [0.717, 1.165) is 0 Å². The number of nitrogens with zero attached hydrogens (tertiary/aromatic N) is 1. The standard InChI is InChI=1S/C23F17NO3/c24-1-4(27)10(33)18(11(34)5(1)28)42-21-16(39)22(43-19-12(35)6(29)2(25)7(30)13(19)36)41-23(17(21)40)44-20-14(37)8(31)3(26)9(32)15(20)38. The molecule has 0 aliphatic rings. The summed E-state index contributed by atoms with van der Waals surface area (Å²) in [7, 11) is 0. The second-order valence-electron chi connectivity index (χ2n) is 7.68. The van der Waals surface area contributed by atoms with Crippen molar-refractivity contribution < 1.29 is 88.8 Å². The van der Waals surface area contributed by atoms with Gasteiger partial charge in [-0.15, -0.1) is 0 Å². The van der Waals surface area contributed by atoms with Gasteiger partial charge in [0.1, 0.15) is 0 Å². The van der Waals surface area contributed by atoms with E-state index in [9.17, 15) is 65.9 Å². The molecular weight excluding hydrogens is 661 g/mol. The molecule has 0 fully saturated rings. The molecule has 3 aromatic carbocycles. The first kappa shape index (κ1) is 31.9. The third-order valence-corrected chi connectivity index (χ3v) is 5.09. The SMILES string of the molecule is Fc1c(F)c(F)c(Oc2nc(Oc3c(F)c(F)c(F)c(F)c3F)c(F)c(Oc3c(F)c(F)c(F)c(F)c3F)c2F)c(F)c1F. The minimum atomic E-state index is -2.88. The minimum Gasteiger partial charge on any atom is -0.444 e. The fourth-order valence-corrected chi connectivity index (χ4v) is 3.02. The molecule has 0 bridgehead atoms. The molecule has 4 aromatic rings. The van der Waals surface area contributed by atoms with E-state index in [1.807, 2.05) is 0 Å². The number of aromatic nitrogens is 1. The summed E-state index contributed by atoms with van der Waals surface area (Å²) in [5.41, 5.74) is 0. The molecule has 0 saturated carbocycles. The van der Waals surface area contributed by atoms with Crippen molar-refractivity contribution in [1.82, 2.24) is 4.98 Å². The molecule has 4 rings (SSSR count). The van der Waals surface area contributed by atoms with Crippen LogP contribution in [0.15, 0.2) is 0 Å². The van der Waals surface area contributed by atoms with Crippen LogP contribution in [0.25, 0.3) is 0 Å². The van der Waals surface area contributed by atoms with E-state index in [-0.39, 0.29) is 0 Å². The summed E-state index contributed by atoms with van der Waals surface area (Å²) in [4.78, 5) is 2.57. The summed E-state index contributed by atoms with van der Waals surface area (Å²) in [6.45, 7) is 0. The van der Waals surface area contributed by atoms with Crippen molar-refractivity contribution in [2.45, 2.75) is 0 Å². The zero-order valence-corrected chi connectivity index (χ0v) is 19.6. The second kappa shape index (κ2) is 11.3. The molecule has 234 valence electrons. The Hall–Kier alpha value is -4.98. The van der Waals surface area contributed by atoms with Gasteiger partial charge in [0.25, 0.3) is 11.8 Å². The van der Waals surface area contributed by atoms with Gasteiger partial charge in [-0.2, -0.15) is 40.1 Å². The minimum absolute atomic E-state index is 2.37. The lowest BCUT2D eigenvalue weighted by Crippen LogP contribution is -2.10. The zero-order chi connectivity index (χ0) is 33.1. The third kappa shape index (κ3) is 4.90. The van der Waals surface area contributed by atoms with Gasteiger partial charge in [0.2, 0.25) is 122 Å². The summed E-state index contributed by atoms with van der Waals surface area (Å²) in [6.07, 6.45) is 0. The van der Waals surface area contributed by atoms with E-state index in [4.69, 9.17) is 0 Å². The van der Waals surface area contributed by atoms with Crippen LogP contribution in [0, 0.1) is 98.9 Å². The maximum atomic E-state index is 15.1. The molecule has 0 unspecified atom stereocenters. The Labute approximate surface area is 228 Å². The van der Waals surface area contributed by atoms with Crippen molar-refractivity contribution >= 4 is 0 Å². The van der Waals surface area contributed by atoms with E-state index in [1.165, 1.54) is 0 Å². The molecule has 1 aromatic heterocycles. The molecule has 0 spiro atoms. The highest BCUT2D eigenvalue weighted by Crippen LogP contribution is 2.44. The Kier molecular flexibility index (Phi) is 8.18. The fraction of sp³-hybridized carbons (Fsp3) is 0. The normalized spacial score (nSPS) is 11.3. The number of hydrogen-bond donors (Lipinski definition) is 0. The maximum Gasteiger partial charge on any atom is 0.263 e. The predicted octanol–water partition coefficient (Wildman–Crippen LogP) is 8.82. The highest BCUT2D eigenvalue weighted by molar-refractivity contribution is 5.45. The summed E-state index contributed by atoms with van der Waals surface area (Å²) in [6, 6.07) is 0. The van der Waals surface area contributed by atoms with Gasteiger partial charge in [0, 0.05) is 0 Å². The molecule has 0 saturated heterocycles. The highest BCUT2D eigenvalue weighted by atomic mass is 19.2. The Balaban J connectivity index is 2.01. The van der Waals surface area contributed by atoms with Gasteiger partial charge in [-0.05, 0) is 0 Å². The van der Waals surface area contributed by atoms with Crippen LogP contribution in [-0.2, 0) is 0 Å². The average Bonchev–Trinajstić information content (AvgIpc) is 3.00. The van der Waals surface area contributed by atoms with Crippen LogP contribution < -0.4 is 14.2 Å². The molecular formula is C23F17NO3. The summed E-state index contributed by atoms with van der Waals surface area (Å²) >= 11 is 0. The number of hydrogen-bond acceptors (Lipinski definition) is 4. The van der Waals surface area contributed by atoms with E-state index in [1.54, 1.807) is 0 Å². The van der Waals surface area contributed by atoms with E-state index in [0.29, 0.717) is 0 Å². The largest absolute Gasteiger partial charge is 0.444 e. The molecule has 0 aliphatic heterocycles. The lowest BCUT2D eigenvalue weighted by Gasteiger charge is -2.16. The van der Waals surface area contributed by atoms with Gasteiger partial charge in [-0.1, -0.05) is 0 Å².